The lowest BCUT2D eigenvalue weighted by molar-refractivity contribution is -0.116. The number of nitrogens with one attached hydrogen (secondary N) is 2. The molecule has 0 fully saturated rings. The third kappa shape index (κ3) is 4.60. The third-order valence-electron chi connectivity index (χ3n) is 3.02. The summed E-state index contributed by atoms with van der Waals surface area (Å²) in [6, 6.07) is 9.99. The largest absolute Gasteiger partial charge is 0.340 e. The SMILES string of the molecule is CCCC(=O)Nc1ccc(Nc2cc(C)cc(C)c2)nc1. The summed E-state index contributed by atoms with van der Waals surface area (Å²) in [5, 5.41) is 6.09. The Bertz CT molecular complexity index is 600. The van der Waals surface area contributed by atoms with E-state index in [0.29, 0.717) is 6.42 Å². The van der Waals surface area contributed by atoms with E-state index in [2.05, 4.69) is 47.7 Å². The van der Waals surface area contributed by atoms with Gasteiger partial charge < -0.3 is 10.6 Å². The van der Waals surface area contributed by atoms with Gasteiger partial charge in [-0.05, 0) is 55.7 Å². The normalized spacial score (nSPS) is 10.2. The first-order valence-electron chi connectivity index (χ1n) is 7.18. The maximum atomic E-state index is 11.5. The number of hydrogen-bond donors (Lipinski definition) is 2. The molecule has 2 aromatic rings. The van der Waals surface area contributed by atoms with Crippen molar-refractivity contribution in [3.8, 4) is 0 Å². The van der Waals surface area contributed by atoms with E-state index >= 15 is 0 Å². The van der Waals surface area contributed by atoms with Crippen molar-refractivity contribution in [2.24, 2.45) is 0 Å². The van der Waals surface area contributed by atoms with Crippen LogP contribution in [0.15, 0.2) is 36.5 Å². The highest BCUT2D eigenvalue weighted by Crippen LogP contribution is 2.19. The van der Waals surface area contributed by atoms with Crippen LogP contribution in [0.25, 0.3) is 0 Å². The molecular weight excluding hydrogens is 262 g/mol. The number of hydrogen-bond acceptors (Lipinski definition) is 3. The summed E-state index contributed by atoms with van der Waals surface area (Å²) in [5.74, 6) is 0.780. The number of pyridine rings is 1. The lowest BCUT2D eigenvalue weighted by Gasteiger charge is -2.09. The fourth-order valence-electron chi connectivity index (χ4n) is 2.19. The van der Waals surface area contributed by atoms with Crippen LogP contribution in [-0.4, -0.2) is 10.9 Å². The van der Waals surface area contributed by atoms with Gasteiger partial charge >= 0.3 is 0 Å². The van der Waals surface area contributed by atoms with E-state index < -0.39 is 0 Å². The Morgan fingerprint density at radius 3 is 2.38 bits per heavy atom. The zero-order chi connectivity index (χ0) is 15.2. The first-order valence-corrected chi connectivity index (χ1v) is 7.18. The predicted molar refractivity (Wildman–Crippen MR) is 87.0 cm³/mol. The van der Waals surface area contributed by atoms with E-state index in [-0.39, 0.29) is 5.91 Å². The maximum Gasteiger partial charge on any atom is 0.224 e. The van der Waals surface area contributed by atoms with E-state index in [9.17, 15) is 4.79 Å². The van der Waals surface area contributed by atoms with Gasteiger partial charge in [-0.2, -0.15) is 0 Å². The van der Waals surface area contributed by atoms with Gasteiger partial charge in [-0.25, -0.2) is 4.98 Å². The summed E-state index contributed by atoms with van der Waals surface area (Å²) in [4.78, 5) is 15.8. The molecule has 0 aliphatic carbocycles. The molecule has 0 unspecified atom stereocenters. The molecule has 2 N–H and O–H groups in total. The van der Waals surface area contributed by atoms with Crippen molar-refractivity contribution in [3.63, 3.8) is 0 Å². The van der Waals surface area contributed by atoms with Gasteiger partial charge in [0.15, 0.2) is 0 Å². The molecule has 0 aliphatic rings. The fraction of sp³-hybridized carbons (Fsp3) is 0.294. The van der Waals surface area contributed by atoms with Crippen LogP contribution in [0.5, 0.6) is 0 Å². The van der Waals surface area contributed by atoms with Crippen molar-refractivity contribution in [3.05, 3.63) is 47.7 Å². The van der Waals surface area contributed by atoms with E-state index in [0.717, 1.165) is 23.6 Å². The first-order chi connectivity index (χ1) is 10.1. The van der Waals surface area contributed by atoms with Crippen molar-refractivity contribution in [1.29, 1.82) is 0 Å². The first kappa shape index (κ1) is 15.0. The second-order valence-electron chi connectivity index (χ2n) is 5.23. The zero-order valence-corrected chi connectivity index (χ0v) is 12.7. The average molecular weight is 283 g/mol. The molecule has 1 aromatic heterocycles. The van der Waals surface area contributed by atoms with Gasteiger partial charge in [0.2, 0.25) is 5.91 Å². The molecule has 0 radical (unpaired) electrons. The van der Waals surface area contributed by atoms with Gasteiger partial charge in [-0.3, -0.25) is 4.79 Å². The highest BCUT2D eigenvalue weighted by molar-refractivity contribution is 5.90. The Kier molecular flexibility index (Phi) is 4.93. The summed E-state index contributed by atoms with van der Waals surface area (Å²) in [5.41, 5.74) is 4.16. The number of aromatic nitrogens is 1. The molecule has 4 heteroatoms. The summed E-state index contributed by atoms with van der Waals surface area (Å²) in [6.07, 6.45) is 3.03. The highest BCUT2D eigenvalue weighted by atomic mass is 16.1. The highest BCUT2D eigenvalue weighted by Gasteiger charge is 2.02. The van der Waals surface area contributed by atoms with Crippen LogP contribution in [-0.2, 0) is 4.79 Å². The van der Waals surface area contributed by atoms with Crippen LogP contribution >= 0.6 is 0 Å². The summed E-state index contributed by atoms with van der Waals surface area (Å²) < 4.78 is 0. The second-order valence-corrected chi connectivity index (χ2v) is 5.23. The van der Waals surface area contributed by atoms with E-state index in [4.69, 9.17) is 0 Å². The Hall–Kier alpha value is -2.36. The Morgan fingerprint density at radius 1 is 1.10 bits per heavy atom. The van der Waals surface area contributed by atoms with Crippen LogP contribution in [0.4, 0.5) is 17.2 Å². The molecular formula is C17H21N3O. The average Bonchev–Trinajstić information content (AvgIpc) is 2.40. The minimum absolute atomic E-state index is 0.0225. The molecule has 21 heavy (non-hydrogen) atoms. The summed E-state index contributed by atoms with van der Waals surface area (Å²) in [6.45, 7) is 6.12. The molecule has 1 amide bonds. The van der Waals surface area contributed by atoms with Gasteiger partial charge in [0.25, 0.3) is 0 Å². The minimum atomic E-state index is 0.0225. The van der Waals surface area contributed by atoms with Gasteiger partial charge in [0.1, 0.15) is 5.82 Å². The standard InChI is InChI=1S/C17H21N3O/c1-4-5-17(21)20-14-6-7-16(18-11-14)19-15-9-12(2)8-13(3)10-15/h6-11H,4-5H2,1-3H3,(H,18,19)(H,20,21). The van der Waals surface area contributed by atoms with Crippen LogP contribution in [0, 0.1) is 13.8 Å². The molecule has 0 aliphatic heterocycles. The van der Waals surface area contributed by atoms with Crippen molar-refractivity contribution in [2.45, 2.75) is 33.6 Å². The van der Waals surface area contributed by atoms with Crippen LogP contribution in [0.2, 0.25) is 0 Å². The number of benzene rings is 1. The van der Waals surface area contributed by atoms with E-state index in [1.54, 1.807) is 6.20 Å². The van der Waals surface area contributed by atoms with Crippen LogP contribution < -0.4 is 10.6 Å². The number of rotatable bonds is 5. The second kappa shape index (κ2) is 6.88. The quantitative estimate of drug-likeness (QED) is 0.865. The maximum absolute atomic E-state index is 11.5. The molecule has 110 valence electrons. The lowest BCUT2D eigenvalue weighted by atomic mass is 10.1. The minimum Gasteiger partial charge on any atom is -0.340 e. The fourth-order valence-corrected chi connectivity index (χ4v) is 2.19. The topological polar surface area (TPSA) is 54.0 Å². The van der Waals surface area contributed by atoms with Crippen molar-refractivity contribution >= 4 is 23.1 Å². The van der Waals surface area contributed by atoms with Crippen molar-refractivity contribution in [2.75, 3.05) is 10.6 Å². The number of anilines is 3. The monoisotopic (exact) mass is 283 g/mol. The number of carbonyl (C=O) groups is 1. The summed E-state index contributed by atoms with van der Waals surface area (Å²) >= 11 is 0. The van der Waals surface area contributed by atoms with E-state index in [1.807, 2.05) is 19.1 Å². The van der Waals surface area contributed by atoms with Gasteiger partial charge in [0, 0.05) is 12.1 Å². The molecule has 0 spiro atoms. The number of carbonyl (C=O) groups excluding carboxylic acids is 1. The molecule has 2 rings (SSSR count). The van der Waals surface area contributed by atoms with Gasteiger partial charge in [-0.15, -0.1) is 0 Å². The molecule has 0 atom stereocenters. The number of amides is 1. The summed E-state index contributed by atoms with van der Waals surface area (Å²) in [7, 11) is 0. The molecule has 1 heterocycles. The Morgan fingerprint density at radius 2 is 1.81 bits per heavy atom. The molecule has 1 aromatic carbocycles. The Labute approximate surface area is 125 Å². The van der Waals surface area contributed by atoms with Crippen LogP contribution in [0.1, 0.15) is 30.9 Å². The van der Waals surface area contributed by atoms with Gasteiger partial charge in [0.05, 0.1) is 11.9 Å². The molecule has 0 saturated heterocycles. The van der Waals surface area contributed by atoms with Crippen molar-refractivity contribution in [1.82, 2.24) is 4.98 Å². The Balaban J connectivity index is 2.03. The zero-order valence-electron chi connectivity index (χ0n) is 12.7. The number of nitrogens with zero attached hydrogens (tertiary/aromatic N) is 1. The van der Waals surface area contributed by atoms with E-state index in [1.165, 1.54) is 11.1 Å². The van der Waals surface area contributed by atoms with Gasteiger partial charge in [-0.1, -0.05) is 13.0 Å². The number of aryl methyl sites for hydroxylation is 2. The molecule has 4 nitrogen and oxygen atoms in total. The lowest BCUT2D eigenvalue weighted by Crippen LogP contribution is -2.10. The predicted octanol–water partition coefficient (Wildman–Crippen LogP) is 4.18. The third-order valence-corrected chi connectivity index (χ3v) is 3.02. The van der Waals surface area contributed by atoms with Crippen molar-refractivity contribution < 1.29 is 4.79 Å². The molecule has 0 saturated carbocycles. The molecule has 0 bridgehead atoms. The smallest absolute Gasteiger partial charge is 0.224 e. The van der Waals surface area contributed by atoms with Crippen LogP contribution in [0.3, 0.4) is 0 Å².